The van der Waals surface area contributed by atoms with E-state index in [1.165, 1.54) is 0 Å². The number of carbonyl (C=O) groups is 1. The van der Waals surface area contributed by atoms with E-state index in [0.29, 0.717) is 22.5 Å². The molecule has 1 saturated carbocycles. The van der Waals surface area contributed by atoms with E-state index in [0.717, 1.165) is 36.8 Å². The zero-order valence-electron chi connectivity index (χ0n) is 14.2. The molecule has 1 N–H and O–H groups in total. The summed E-state index contributed by atoms with van der Waals surface area (Å²) in [6, 6.07) is 14.9. The Morgan fingerprint density at radius 1 is 1.00 bits per heavy atom. The first-order chi connectivity index (χ1) is 12.7. The number of nitrogens with one attached hydrogen (secondary N) is 1. The van der Waals surface area contributed by atoms with Crippen molar-refractivity contribution < 1.29 is 14.3 Å². The van der Waals surface area contributed by atoms with Gasteiger partial charge in [0.25, 0.3) is 11.7 Å². The number of anilines is 1. The fraction of sp³-hybridized carbons (Fsp3) is 0.238. The van der Waals surface area contributed by atoms with Gasteiger partial charge >= 0.3 is 0 Å². The van der Waals surface area contributed by atoms with Gasteiger partial charge in [0.05, 0.1) is 11.1 Å². The highest BCUT2D eigenvalue weighted by molar-refractivity contribution is 6.11. The van der Waals surface area contributed by atoms with Gasteiger partial charge in [-0.1, -0.05) is 18.2 Å². The highest BCUT2D eigenvalue weighted by atomic mass is 16.7. The molecule has 5 heteroatoms. The Bertz CT molecular complexity index is 1000. The van der Waals surface area contributed by atoms with E-state index in [2.05, 4.69) is 10.3 Å². The van der Waals surface area contributed by atoms with Gasteiger partial charge in [-0.25, -0.2) is 0 Å². The van der Waals surface area contributed by atoms with E-state index in [-0.39, 0.29) is 5.91 Å². The molecule has 5 rings (SSSR count). The van der Waals surface area contributed by atoms with Gasteiger partial charge in [-0.15, -0.1) is 0 Å². The predicted octanol–water partition coefficient (Wildman–Crippen LogP) is 4.53. The SMILES string of the molecule is O=C(Nc1ccc2c(c1)OC1(CCCC1)O2)c1cccc2cccnc12. The second kappa shape index (κ2) is 5.73. The van der Waals surface area contributed by atoms with Crippen LogP contribution in [0.3, 0.4) is 0 Å². The molecule has 1 aliphatic carbocycles. The summed E-state index contributed by atoms with van der Waals surface area (Å²) in [6.45, 7) is 0. The topological polar surface area (TPSA) is 60.5 Å². The van der Waals surface area contributed by atoms with Crippen LogP contribution in [-0.2, 0) is 0 Å². The molecule has 1 aliphatic heterocycles. The monoisotopic (exact) mass is 346 g/mol. The number of hydrogen-bond acceptors (Lipinski definition) is 4. The number of ether oxygens (including phenoxy) is 2. The number of carbonyl (C=O) groups excluding carboxylic acids is 1. The van der Waals surface area contributed by atoms with Crippen LogP contribution in [0.1, 0.15) is 36.0 Å². The molecule has 26 heavy (non-hydrogen) atoms. The van der Waals surface area contributed by atoms with Gasteiger partial charge < -0.3 is 14.8 Å². The molecule has 2 heterocycles. The van der Waals surface area contributed by atoms with Crippen molar-refractivity contribution in [2.75, 3.05) is 5.32 Å². The molecule has 1 spiro atoms. The Morgan fingerprint density at radius 3 is 2.69 bits per heavy atom. The van der Waals surface area contributed by atoms with Crippen LogP contribution in [0.2, 0.25) is 0 Å². The third-order valence-electron chi connectivity index (χ3n) is 5.04. The van der Waals surface area contributed by atoms with Crippen molar-refractivity contribution in [1.82, 2.24) is 4.98 Å². The average molecular weight is 346 g/mol. The van der Waals surface area contributed by atoms with Crippen LogP contribution in [0, 0.1) is 0 Å². The summed E-state index contributed by atoms with van der Waals surface area (Å²) in [5.74, 6) is 0.756. The van der Waals surface area contributed by atoms with Crippen LogP contribution in [0.25, 0.3) is 10.9 Å². The first-order valence-corrected chi connectivity index (χ1v) is 8.90. The Labute approximate surface area is 151 Å². The minimum Gasteiger partial charge on any atom is -0.448 e. The number of rotatable bonds is 2. The van der Waals surface area contributed by atoms with Crippen LogP contribution in [0.5, 0.6) is 11.5 Å². The smallest absolute Gasteiger partial charge is 0.257 e. The molecule has 130 valence electrons. The second-order valence-corrected chi connectivity index (χ2v) is 6.82. The number of hydrogen-bond donors (Lipinski definition) is 1. The Morgan fingerprint density at radius 2 is 1.81 bits per heavy atom. The summed E-state index contributed by atoms with van der Waals surface area (Å²) in [5, 5.41) is 3.88. The fourth-order valence-electron chi connectivity index (χ4n) is 3.78. The summed E-state index contributed by atoms with van der Waals surface area (Å²) < 4.78 is 12.1. The Hall–Kier alpha value is -3.08. The number of aromatic nitrogens is 1. The molecular weight excluding hydrogens is 328 g/mol. The molecule has 0 bridgehead atoms. The molecule has 1 amide bonds. The van der Waals surface area contributed by atoms with E-state index in [1.807, 2.05) is 42.5 Å². The average Bonchev–Trinajstić information content (AvgIpc) is 3.26. The van der Waals surface area contributed by atoms with Crippen molar-refractivity contribution in [3.8, 4) is 11.5 Å². The highest BCUT2D eigenvalue weighted by Gasteiger charge is 2.44. The lowest BCUT2D eigenvalue weighted by Gasteiger charge is -2.21. The minimum absolute atomic E-state index is 0.191. The van der Waals surface area contributed by atoms with Gasteiger partial charge in [0, 0.05) is 36.2 Å². The molecule has 3 aromatic rings. The van der Waals surface area contributed by atoms with Crippen molar-refractivity contribution in [3.05, 3.63) is 60.3 Å². The number of pyridine rings is 1. The second-order valence-electron chi connectivity index (χ2n) is 6.82. The molecule has 1 aromatic heterocycles. The van der Waals surface area contributed by atoms with Crippen LogP contribution in [0.4, 0.5) is 5.69 Å². The lowest BCUT2D eigenvalue weighted by Crippen LogP contribution is -2.34. The van der Waals surface area contributed by atoms with E-state index in [4.69, 9.17) is 9.47 Å². The summed E-state index contributed by atoms with van der Waals surface area (Å²) >= 11 is 0. The maximum Gasteiger partial charge on any atom is 0.257 e. The highest BCUT2D eigenvalue weighted by Crippen LogP contribution is 2.47. The largest absolute Gasteiger partial charge is 0.448 e. The first kappa shape index (κ1) is 15.2. The van der Waals surface area contributed by atoms with E-state index >= 15 is 0 Å². The van der Waals surface area contributed by atoms with Crippen LogP contribution >= 0.6 is 0 Å². The standard InChI is InChI=1S/C21H18N2O3/c24-20(16-7-3-5-14-6-4-12-22-19(14)16)23-15-8-9-17-18(13-15)26-21(25-17)10-1-2-11-21/h3-9,12-13H,1-2,10-11H2,(H,23,24). The summed E-state index contributed by atoms with van der Waals surface area (Å²) in [4.78, 5) is 17.1. The molecule has 5 nitrogen and oxygen atoms in total. The van der Waals surface area contributed by atoms with Crippen molar-refractivity contribution in [1.29, 1.82) is 0 Å². The maximum atomic E-state index is 12.8. The summed E-state index contributed by atoms with van der Waals surface area (Å²) in [5.41, 5.74) is 1.92. The lowest BCUT2D eigenvalue weighted by atomic mass is 10.1. The third-order valence-corrected chi connectivity index (χ3v) is 5.04. The van der Waals surface area contributed by atoms with Gasteiger partial charge in [-0.05, 0) is 37.1 Å². The van der Waals surface area contributed by atoms with Crippen molar-refractivity contribution >= 4 is 22.5 Å². The number of para-hydroxylation sites is 1. The molecule has 2 aliphatic rings. The molecule has 2 aromatic carbocycles. The van der Waals surface area contributed by atoms with Gasteiger partial charge in [0.2, 0.25) is 0 Å². The molecular formula is C21H18N2O3. The maximum absolute atomic E-state index is 12.8. The number of nitrogens with zero attached hydrogens (tertiary/aromatic N) is 1. The third kappa shape index (κ3) is 2.47. The molecule has 0 radical (unpaired) electrons. The van der Waals surface area contributed by atoms with E-state index in [1.54, 1.807) is 12.3 Å². The first-order valence-electron chi connectivity index (χ1n) is 8.90. The zero-order valence-corrected chi connectivity index (χ0v) is 14.2. The molecule has 0 saturated heterocycles. The lowest BCUT2D eigenvalue weighted by molar-refractivity contribution is -0.0716. The normalized spacial score (nSPS) is 16.9. The quantitative estimate of drug-likeness (QED) is 0.741. The van der Waals surface area contributed by atoms with Crippen molar-refractivity contribution in [2.45, 2.75) is 31.5 Å². The summed E-state index contributed by atoms with van der Waals surface area (Å²) in [6.07, 6.45) is 5.74. The van der Waals surface area contributed by atoms with Crippen LogP contribution < -0.4 is 14.8 Å². The minimum atomic E-state index is -0.496. The van der Waals surface area contributed by atoms with Crippen LogP contribution in [-0.4, -0.2) is 16.7 Å². The van der Waals surface area contributed by atoms with Crippen molar-refractivity contribution in [3.63, 3.8) is 0 Å². The summed E-state index contributed by atoms with van der Waals surface area (Å²) in [7, 11) is 0. The number of amides is 1. The predicted molar refractivity (Wildman–Crippen MR) is 98.6 cm³/mol. The van der Waals surface area contributed by atoms with Gasteiger partial charge in [0.15, 0.2) is 11.5 Å². The Kier molecular flexibility index (Phi) is 3.35. The van der Waals surface area contributed by atoms with Gasteiger partial charge in [-0.2, -0.15) is 0 Å². The van der Waals surface area contributed by atoms with Gasteiger partial charge in [-0.3, -0.25) is 9.78 Å². The number of benzene rings is 2. The van der Waals surface area contributed by atoms with Crippen molar-refractivity contribution in [2.24, 2.45) is 0 Å². The fourth-order valence-corrected chi connectivity index (χ4v) is 3.78. The van der Waals surface area contributed by atoms with Crippen LogP contribution in [0.15, 0.2) is 54.7 Å². The van der Waals surface area contributed by atoms with Gasteiger partial charge in [0.1, 0.15) is 0 Å². The molecule has 0 unspecified atom stereocenters. The van der Waals surface area contributed by atoms with E-state index < -0.39 is 5.79 Å². The molecule has 1 fully saturated rings. The van der Waals surface area contributed by atoms with E-state index in [9.17, 15) is 4.79 Å². The zero-order chi connectivity index (χ0) is 17.6. The Balaban J connectivity index is 1.41. The molecule has 0 atom stereocenters. The number of fused-ring (bicyclic) bond motifs is 2.